The van der Waals surface area contributed by atoms with E-state index in [-0.39, 0.29) is 0 Å². The summed E-state index contributed by atoms with van der Waals surface area (Å²) in [6.07, 6.45) is 5.58. The fourth-order valence-electron chi connectivity index (χ4n) is 2.94. The topological polar surface area (TPSA) is 12.0 Å². The maximum absolute atomic E-state index is 3.62. The van der Waals surface area contributed by atoms with Gasteiger partial charge in [0.05, 0.1) is 0 Å². The van der Waals surface area contributed by atoms with Crippen molar-refractivity contribution in [3.05, 3.63) is 35.9 Å². The second kappa shape index (κ2) is 4.81. The molecule has 1 N–H and O–H groups in total. The molecule has 3 atom stereocenters. The molecule has 0 amide bonds. The van der Waals surface area contributed by atoms with Crippen LogP contribution in [0.1, 0.15) is 44.1 Å². The second-order valence-corrected chi connectivity index (χ2v) is 5.91. The van der Waals surface area contributed by atoms with Gasteiger partial charge in [-0.1, -0.05) is 37.3 Å². The molecule has 0 heterocycles. The maximum atomic E-state index is 3.62. The zero-order chi connectivity index (χ0) is 11.7. The molecule has 2 aliphatic rings. The molecule has 1 aromatic carbocycles. The van der Waals surface area contributed by atoms with E-state index in [0.717, 1.165) is 23.8 Å². The van der Waals surface area contributed by atoms with E-state index in [2.05, 4.69) is 42.6 Å². The summed E-state index contributed by atoms with van der Waals surface area (Å²) in [4.78, 5) is 0. The Kier molecular flexibility index (Phi) is 3.19. The zero-order valence-electron chi connectivity index (χ0n) is 10.7. The average molecular weight is 229 g/mol. The quantitative estimate of drug-likeness (QED) is 0.786. The molecule has 1 heteroatoms. The molecule has 0 radical (unpaired) electrons. The molecule has 92 valence electrons. The summed E-state index contributed by atoms with van der Waals surface area (Å²) >= 11 is 0. The van der Waals surface area contributed by atoms with E-state index in [4.69, 9.17) is 0 Å². The molecule has 2 saturated carbocycles. The predicted molar refractivity (Wildman–Crippen MR) is 72.1 cm³/mol. The highest BCUT2D eigenvalue weighted by Gasteiger charge is 2.41. The van der Waals surface area contributed by atoms with Crippen LogP contribution >= 0.6 is 0 Å². The summed E-state index contributed by atoms with van der Waals surface area (Å²) in [6, 6.07) is 11.9. The van der Waals surface area contributed by atoms with Crippen LogP contribution in [0, 0.1) is 11.8 Å². The first kappa shape index (κ1) is 11.3. The lowest BCUT2D eigenvalue weighted by molar-refractivity contribution is 0.442. The predicted octanol–water partition coefficient (Wildman–Crippen LogP) is 3.57. The summed E-state index contributed by atoms with van der Waals surface area (Å²) < 4.78 is 0. The van der Waals surface area contributed by atoms with Crippen LogP contribution in [0.15, 0.2) is 30.3 Å². The Morgan fingerprint density at radius 1 is 1.24 bits per heavy atom. The van der Waals surface area contributed by atoms with Crippen molar-refractivity contribution in [1.82, 2.24) is 5.32 Å². The van der Waals surface area contributed by atoms with Gasteiger partial charge in [-0.3, -0.25) is 0 Å². The van der Waals surface area contributed by atoms with Gasteiger partial charge in [0.2, 0.25) is 0 Å². The van der Waals surface area contributed by atoms with E-state index in [0.29, 0.717) is 0 Å². The Morgan fingerprint density at radius 2 is 2.00 bits per heavy atom. The monoisotopic (exact) mass is 229 g/mol. The lowest BCUT2D eigenvalue weighted by Crippen LogP contribution is -2.20. The molecule has 1 nitrogen and oxygen atoms in total. The van der Waals surface area contributed by atoms with E-state index >= 15 is 0 Å². The van der Waals surface area contributed by atoms with Gasteiger partial charge in [-0.2, -0.15) is 0 Å². The Hall–Kier alpha value is -0.820. The molecule has 0 spiro atoms. The third-order valence-electron chi connectivity index (χ3n) is 4.41. The Labute approximate surface area is 105 Å². The van der Waals surface area contributed by atoms with Crippen LogP contribution in [-0.4, -0.2) is 12.6 Å². The van der Waals surface area contributed by atoms with Crippen molar-refractivity contribution in [2.45, 2.75) is 44.6 Å². The Morgan fingerprint density at radius 3 is 2.71 bits per heavy atom. The van der Waals surface area contributed by atoms with E-state index in [9.17, 15) is 0 Å². The minimum Gasteiger partial charge on any atom is -0.314 e. The van der Waals surface area contributed by atoms with Crippen molar-refractivity contribution < 1.29 is 0 Å². The molecule has 2 fully saturated rings. The summed E-state index contributed by atoms with van der Waals surface area (Å²) in [5.41, 5.74) is 1.56. The number of benzene rings is 1. The Bertz CT molecular complexity index is 355. The minimum atomic E-state index is 0.854. The van der Waals surface area contributed by atoms with Crippen LogP contribution in [0.3, 0.4) is 0 Å². The molecule has 0 bridgehead atoms. The molecule has 17 heavy (non-hydrogen) atoms. The third kappa shape index (κ3) is 2.90. The fraction of sp³-hybridized carbons (Fsp3) is 0.625. The standard InChI is InChI=1S/C16H23N/c1-12(9-10-17-14-7-8-14)15-11-16(15)13-5-3-2-4-6-13/h2-6,12,14-17H,7-11H2,1H3. The van der Waals surface area contributed by atoms with Crippen LogP contribution < -0.4 is 5.32 Å². The molecule has 3 rings (SSSR count). The van der Waals surface area contributed by atoms with Gasteiger partial charge in [0, 0.05) is 6.04 Å². The SMILES string of the molecule is CC(CCNC1CC1)C1CC1c1ccccc1. The van der Waals surface area contributed by atoms with Crippen LogP contribution in [0.5, 0.6) is 0 Å². The Balaban J connectivity index is 1.43. The minimum absolute atomic E-state index is 0.854. The normalized spacial score (nSPS) is 29.0. The van der Waals surface area contributed by atoms with Gasteiger partial charge in [-0.25, -0.2) is 0 Å². The van der Waals surface area contributed by atoms with Gasteiger partial charge >= 0.3 is 0 Å². The highest BCUT2D eigenvalue weighted by Crippen LogP contribution is 2.52. The fourth-order valence-corrected chi connectivity index (χ4v) is 2.94. The molecular formula is C16H23N. The number of nitrogens with one attached hydrogen (secondary N) is 1. The number of hydrogen-bond acceptors (Lipinski definition) is 1. The van der Waals surface area contributed by atoms with Crippen molar-refractivity contribution >= 4 is 0 Å². The molecule has 0 saturated heterocycles. The molecule has 0 aromatic heterocycles. The highest BCUT2D eigenvalue weighted by atomic mass is 14.9. The van der Waals surface area contributed by atoms with Gasteiger partial charge < -0.3 is 5.32 Å². The highest BCUT2D eigenvalue weighted by molar-refractivity contribution is 5.25. The van der Waals surface area contributed by atoms with Crippen molar-refractivity contribution in [3.8, 4) is 0 Å². The first-order valence-corrected chi connectivity index (χ1v) is 7.13. The number of hydrogen-bond donors (Lipinski definition) is 1. The second-order valence-electron chi connectivity index (χ2n) is 5.91. The van der Waals surface area contributed by atoms with Crippen molar-refractivity contribution in [3.63, 3.8) is 0 Å². The lowest BCUT2D eigenvalue weighted by Gasteiger charge is -2.11. The van der Waals surface area contributed by atoms with Gasteiger partial charge in [0.15, 0.2) is 0 Å². The average Bonchev–Trinajstić information content (AvgIpc) is 3.24. The number of rotatable bonds is 6. The summed E-state index contributed by atoms with van der Waals surface area (Å²) in [5.74, 6) is 2.68. The first-order valence-electron chi connectivity index (χ1n) is 7.13. The van der Waals surface area contributed by atoms with Crippen LogP contribution in [0.25, 0.3) is 0 Å². The van der Waals surface area contributed by atoms with Crippen LogP contribution in [0.4, 0.5) is 0 Å². The summed E-state index contributed by atoms with van der Waals surface area (Å²) in [6.45, 7) is 3.66. The van der Waals surface area contributed by atoms with E-state index in [1.807, 2.05) is 0 Å². The van der Waals surface area contributed by atoms with Gasteiger partial charge in [0.25, 0.3) is 0 Å². The van der Waals surface area contributed by atoms with Gasteiger partial charge in [0.1, 0.15) is 0 Å². The summed E-state index contributed by atoms with van der Waals surface area (Å²) in [7, 11) is 0. The third-order valence-corrected chi connectivity index (χ3v) is 4.41. The smallest absolute Gasteiger partial charge is 0.00682 e. The summed E-state index contributed by atoms with van der Waals surface area (Å²) in [5, 5.41) is 3.62. The molecular weight excluding hydrogens is 206 g/mol. The molecule has 3 unspecified atom stereocenters. The zero-order valence-corrected chi connectivity index (χ0v) is 10.7. The first-order chi connectivity index (χ1) is 8.34. The van der Waals surface area contributed by atoms with E-state index < -0.39 is 0 Å². The van der Waals surface area contributed by atoms with Gasteiger partial charge in [-0.05, 0) is 55.5 Å². The van der Waals surface area contributed by atoms with Crippen molar-refractivity contribution in [2.24, 2.45) is 11.8 Å². The molecule has 0 aliphatic heterocycles. The van der Waals surface area contributed by atoms with Gasteiger partial charge in [-0.15, -0.1) is 0 Å². The lowest BCUT2D eigenvalue weighted by atomic mass is 9.98. The van der Waals surface area contributed by atoms with E-state index in [1.54, 1.807) is 5.56 Å². The largest absolute Gasteiger partial charge is 0.314 e. The van der Waals surface area contributed by atoms with Crippen LogP contribution in [0.2, 0.25) is 0 Å². The molecule has 1 aromatic rings. The van der Waals surface area contributed by atoms with Crippen LogP contribution in [-0.2, 0) is 0 Å². The van der Waals surface area contributed by atoms with Crippen molar-refractivity contribution in [1.29, 1.82) is 0 Å². The van der Waals surface area contributed by atoms with E-state index in [1.165, 1.54) is 32.2 Å². The maximum Gasteiger partial charge on any atom is 0.00682 e. The van der Waals surface area contributed by atoms with Crippen molar-refractivity contribution in [2.75, 3.05) is 6.54 Å². The molecule has 2 aliphatic carbocycles.